The molecule has 1 aromatic carbocycles. The van der Waals surface area contributed by atoms with Crippen molar-refractivity contribution in [2.75, 3.05) is 44.8 Å². The summed E-state index contributed by atoms with van der Waals surface area (Å²) in [6.07, 6.45) is -0.239. The van der Waals surface area contributed by atoms with E-state index in [2.05, 4.69) is 0 Å². The molecule has 0 saturated carbocycles. The molecule has 0 unspecified atom stereocenters. The van der Waals surface area contributed by atoms with E-state index >= 15 is 0 Å². The standard InChI is InChI=1S/C20H26N4O4S/c1-4-28-20(26)23-11-9-22(10-12-23)13-16-14-29-19(21-16)24(15(2)25)17-7-5-6-8-18(17)27-3/h5-8,14H,4,9-13H2,1-3H3/p+1. The van der Waals surface area contributed by atoms with Gasteiger partial charge in [-0.2, -0.15) is 0 Å². The Morgan fingerprint density at radius 3 is 2.66 bits per heavy atom. The highest BCUT2D eigenvalue weighted by Gasteiger charge is 2.26. The molecular formula is C20H27N4O4S+. The molecule has 1 aromatic heterocycles. The lowest BCUT2D eigenvalue weighted by Gasteiger charge is -2.31. The molecule has 1 aliphatic heterocycles. The zero-order valence-electron chi connectivity index (χ0n) is 17.0. The zero-order chi connectivity index (χ0) is 20.8. The van der Waals surface area contributed by atoms with Crippen LogP contribution in [-0.4, -0.2) is 61.8 Å². The number of aromatic nitrogens is 1. The Hall–Kier alpha value is -2.65. The van der Waals surface area contributed by atoms with Crippen LogP contribution in [0.1, 0.15) is 19.5 Å². The normalized spacial score (nSPS) is 14.5. The van der Waals surface area contributed by atoms with Crippen molar-refractivity contribution in [3.05, 3.63) is 35.3 Å². The van der Waals surface area contributed by atoms with Gasteiger partial charge in [-0.15, -0.1) is 11.3 Å². The number of thiazole rings is 1. The van der Waals surface area contributed by atoms with Crippen molar-refractivity contribution in [1.29, 1.82) is 0 Å². The van der Waals surface area contributed by atoms with Gasteiger partial charge in [0.2, 0.25) is 5.91 Å². The first-order valence-corrected chi connectivity index (χ1v) is 10.5. The maximum Gasteiger partial charge on any atom is 0.410 e. The number of amides is 2. The molecule has 3 rings (SSSR count). The second-order valence-corrected chi connectivity index (χ2v) is 7.60. The van der Waals surface area contributed by atoms with Gasteiger partial charge in [-0.25, -0.2) is 9.78 Å². The quantitative estimate of drug-likeness (QED) is 0.771. The molecule has 8 nitrogen and oxygen atoms in total. The molecule has 1 N–H and O–H groups in total. The highest BCUT2D eigenvalue weighted by molar-refractivity contribution is 7.14. The van der Waals surface area contributed by atoms with Crippen LogP contribution in [0.4, 0.5) is 15.6 Å². The highest BCUT2D eigenvalue weighted by atomic mass is 32.1. The average molecular weight is 420 g/mol. The number of para-hydroxylation sites is 2. The summed E-state index contributed by atoms with van der Waals surface area (Å²) in [5.74, 6) is 0.506. The summed E-state index contributed by atoms with van der Waals surface area (Å²) >= 11 is 1.44. The van der Waals surface area contributed by atoms with Crippen LogP contribution in [0.3, 0.4) is 0 Å². The van der Waals surface area contributed by atoms with E-state index < -0.39 is 0 Å². The monoisotopic (exact) mass is 419 g/mol. The molecule has 29 heavy (non-hydrogen) atoms. The molecule has 156 valence electrons. The molecule has 1 fully saturated rings. The smallest absolute Gasteiger partial charge is 0.410 e. The first-order valence-electron chi connectivity index (χ1n) is 9.66. The van der Waals surface area contributed by atoms with Crippen LogP contribution in [0.2, 0.25) is 0 Å². The van der Waals surface area contributed by atoms with Crippen LogP contribution in [0.25, 0.3) is 0 Å². The van der Waals surface area contributed by atoms with Gasteiger partial charge in [0.25, 0.3) is 0 Å². The van der Waals surface area contributed by atoms with E-state index in [-0.39, 0.29) is 12.0 Å². The number of rotatable bonds is 6. The summed E-state index contributed by atoms with van der Waals surface area (Å²) in [4.78, 5) is 33.6. The number of ether oxygens (including phenoxy) is 2. The molecule has 0 aliphatic carbocycles. The Kier molecular flexibility index (Phi) is 7.05. The van der Waals surface area contributed by atoms with E-state index in [0.29, 0.717) is 36.3 Å². The van der Waals surface area contributed by atoms with Crippen LogP contribution < -0.4 is 14.5 Å². The minimum Gasteiger partial charge on any atom is -0.495 e. The van der Waals surface area contributed by atoms with Crippen molar-refractivity contribution in [2.45, 2.75) is 20.4 Å². The summed E-state index contributed by atoms with van der Waals surface area (Å²) in [5, 5.41) is 2.62. The third-order valence-corrected chi connectivity index (χ3v) is 5.67. The number of anilines is 2. The van der Waals surface area contributed by atoms with Crippen molar-refractivity contribution in [1.82, 2.24) is 9.88 Å². The maximum atomic E-state index is 12.3. The van der Waals surface area contributed by atoms with Gasteiger partial charge in [0.15, 0.2) is 5.13 Å². The van der Waals surface area contributed by atoms with Crippen molar-refractivity contribution < 1.29 is 24.0 Å². The lowest BCUT2D eigenvalue weighted by Crippen LogP contribution is -3.13. The minimum atomic E-state index is -0.239. The number of hydrogen-bond donors (Lipinski definition) is 1. The van der Waals surface area contributed by atoms with Crippen LogP contribution >= 0.6 is 11.3 Å². The van der Waals surface area contributed by atoms with Crippen molar-refractivity contribution in [3.8, 4) is 5.75 Å². The first kappa shape index (κ1) is 21.1. The van der Waals surface area contributed by atoms with Crippen LogP contribution in [0.15, 0.2) is 29.6 Å². The summed E-state index contributed by atoms with van der Waals surface area (Å²) in [6, 6.07) is 7.41. The van der Waals surface area contributed by atoms with Gasteiger partial charge in [-0.1, -0.05) is 12.1 Å². The van der Waals surface area contributed by atoms with E-state index in [1.54, 1.807) is 16.9 Å². The molecule has 1 saturated heterocycles. The summed E-state index contributed by atoms with van der Waals surface area (Å²) in [7, 11) is 1.59. The van der Waals surface area contributed by atoms with Crippen LogP contribution in [0.5, 0.6) is 5.75 Å². The van der Waals surface area contributed by atoms with Crippen molar-refractivity contribution in [3.63, 3.8) is 0 Å². The lowest BCUT2D eigenvalue weighted by molar-refractivity contribution is -0.917. The maximum absolute atomic E-state index is 12.3. The van der Waals surface area contributed by atoms with Gasteiger partial charge < -0.3 is 14.4 Å². The Bertz CT molecular complexity index is 849. The molecule has 2 heterocycles. The topological polar surface area (TPSA) is 76.4 Å². The van der Waals surface area contributed by atoms with Gasteiger partial charge in [-0.05, 0) is 19.1 Å². The van der Waals surface area contributed by atoms with Crippen LogP contribution in [0, 0.1) is 0 Å². The third kappa shape index (κ3) is 5.04. The molecular weight excluding hydrogens is 392 g/mol. The number of carbonyl (C=O) groups is 2. The fraction of sp³-hybridized carbons (Fsp3) is 0.450. The Balaban J connectivity index is 1.67. The van der Waals surface area contributed by atoms with Gasteiger partial charge in [0.1, 0.15) is 18.0 Å². The first-order chi connectivity index (χ1) is 14.0. The lowest BCUT2D eigenvalue weighted by atomic mass is 10.2. The molecule has 0 bridgehead atoms. The number of nitrogens with zero attached hydrogens (tertiary/aromatic N) is 3. The number of carbonyl (C=O) groups excluding carboxylic acids is 2. The summed E-state index contributed by atoms with van der Waals surface area (Å²) < 4.78 is 10.5. The Morgan fingerprint density at radius 2 is 2.00 bits per heavy atom. The molecule has 0 spiro atoms. The van der Waals surface area contributed by atoms with E-state index in [1.807, 2.05) is 36.6 Å². The van der Waals surface area contributed by atoms with Gasteiger partial charge >= 0.3 is 6.09 Å². The highest BCUT2D eigenvalue weighted by Crippen LogP contribution is 2.35. The number of quaternary nitrogens is 1. The summed E-state index contributed by atoms with van der Waals surface area (Å²) in [5.41, 5.74) is 1.62. The fourth-order valence-corrected chi connectivity index (χ4v) is 4.24. The Morgan fingerprint density at radius 1 is 1.28 bits per heavy atom. The van der Waals surface area contributed by atoms with E-state index in [0.717, 1.165) is 25.3 Å². The van der Waals surface area contributed by atoms with Gasteiger partial charge in [0, 0.05) is 12.3 Å². The van der Waals surface area contributed by atoms with Crippen LogP contribution in [-0.2, 0) is 16.1 Å². The third-order valence-electron chi connectivity index (χ3n) is 4.80. The number of hydrogen-bond acceptors (Lipinski definition) is 6. The zero-order valence-corrected chi connectivity index (χ0v) is 17.8. The minimum absolute atomic E-state index is 0.120. The molecule has 2 amide bonds. The molecule has 9 heteroatoms. The number of benzene rings is 1. The van der Waals surface area contributed by atoms with Gasteiger partial charge in [0.05, 0.1) is 45.6 Å². The second-order valence-electron chi connectivity index (χ2n) is 6.76. The predicted molar refractivity (Wildman–Crippen MR) is 111 cm³/mol. The average Bonchev–Trinajstić information content (AvgIpc) is 3.16. The van der Waals surface area contributed by atoms with Crippen molar-refractivity contribution in [2.24, 2.45) is 0 Å². The second kappa shape index (κ2) is 9.71. The SMILES string of the molecule is CCOC(=O)N1CC[NH+](Cc2csc(N(C(C)=O)c3ccccc3OC)n2)CC1. The number of nitrogens with one attached hydrogen (secondary N) is 1. The molecule has 0 atom stereocenters. The van der Waals surface area contributed by atoms with E-state index in [1.165, 1.54) is 23.2 Å². The summed E-state index contributed by atoms with van der Waals surface area (Å²) in [6.45, 7) is 7.51. The van der Waals surface area contributed by atoms with E-state index in [9.17, 15) is 9.59 Å². The van der Waals surface area contributed by atoms with Crippen molar-refractivity contribution >= 4 is 34.2 Å². The van der Waals surface area contributed by atoms with E-state index in [4.69, 9.17) is 14.5 Å². The number of piperazine rings is 1. The van der Waals surface area contributed by atoms with Gasteiger partial charge in [-0.3, -0.25) is 14.6 Å². The predicted octanol–water partition coefficient (Wildman–Crippen LogP) is 1.69. The fourth-order valence-electron chi connectivity index (χ4n) is 3.36. The Labute approximate surface area is 174 Å². The largest absolute Gasteiger partial charge is 0.495 e. The molecule has 1 aliphatic rings. The molecule has 0 radical (unpaired) electrons. The molecule has 2 aromatic rings. The number of methoxy groups -OCH3 is 1.